The molecule has 1 N–H and O–H groups in total. The van der Waals surface area contributed by atoms with Crippen LogP contribution in [0.25, 0.3) is 0 Å². The number of nitrogens with one attached hydrogen (secondary N) is 1. The third-order valence-electron chi connectivity index (χ3n) is 4.55. The number of hydrogen-bond donors (Lipinski definition) is 1. The molecule has 1 saturated heterocycles. The van der Waals surface area contributed by atoms with Gasteiger partial charge in [-0.05, 0) is 48.6 Å². The van der Waals surface area contributed by atoms with Crippen molar-refractivity contribution in [2.45, 2.75) is 19.1 Å². The third kappa shape index (κ3) is 2.54. The van der Waals surface area contributed by atoms with Crippen LogP contribution in [0.15, 0.2) is 48.5 Å². The van der Waals surface area contributed by atoms with Gasteiger partial charge in [-0.3, -0.25) is 0 Å². The van der Waals surface area contributed by atoms with Gasteiger partial charge in [-0.1, -0.05) is 30.3 Å². The molecule has 0 bridgehead atoms. The third-order valence-corrected chi connectivity index (χ3v) is 4.55. The quantitative estimate of drug-likeness (QED) is 0.924. The number of rotatable bonds is 4. The van der Waals surface area contributed by atoms with Gasteiger partial charge in [0.1, 0.15) is 18.2 Å². The minimum atomic E-state index is -0.192. The van der Waals surface area contributed by atoms with Gasteiger partial charge in [-0.15, -0.1) is 0 Å². The largest absolute Gasteiger partial charge is 0.489 e. The molecule has 2 nitrogen and oxygen atoms in total. The molecule has 4 rings (SSSR count). The number of hydrogen-bond acceptors (Lipinski definition) is 2. The zero-order valence-electron chi connectivity index (χ0n) is 11.8. The lowest BCUT2D eigenvalue weighted by Crippen LogP contribution is -2.19. The van der Waals surface area contributed by atoms with Crippen LogP contribution >= 0.6 is 0 Å². The Kier molecular flexibility index (Phi) is 3.15. The van der Waals surface area contributed by atoms with Crippen molar-refractivity contribution in [2.24, 2.45) is 11.8 Å². The predicted molar refractivity (Wildman–Crippen MR) is 79.5 cm³/mol. The van der Waals surface area contributed by atoms with Crippen molar-refractivity contribution < 1.29 is 9.13 Å². The monoisotopic (exact) mass is 283 g/mol. The first kappa shape index (κ1) is 12.8. The highest BCUT2D eigenvalue weighted by atomic mass is 19.1. The normalized spacial score (nSPS) is 26.4. The summed E-state index contributed by atoms with van der Waals surface area (Å²) in [5.74, 6) is 2.04. The molecule has 0 aromatic heterocycles. The molecule has 0 spiro atoms. The summed E-state index contributed by atoms with van der Waals surface area (Å²) in [6.45, 7) is 1.56. The molecule has 0 amide bonds. The van der Waals surface area contributed by atoms with Crippen LogP contribution in [-0.2, 0) is 6.61 Å². The second kappa shape index (κ2) is 5.15. The number of ether oxygens (including phenoxy) is 1. The molecule has 1 heterocycles. The van der Waals surface area contributed by atoms with Gasteiger partial charge in [0.2, 0.25) is 0 Å². The maximum atomic E-state index is 13.6. The van der Waals surface area contributed by atoms with Gasteiger partial charge < -0.3 is 10.1 Å². The van der Waals surface area contributed by atoms with E-state index in [0.29, 0.717) is 12.5 Å². The van der Waals surface area contributed by atoms with Crippen LogP contribution in [0, 0.1) is 17.7 Å². The van der Waals surface area contributed by atoms with E-state index < -0.39 is 0 Å². The van der Waals surface area contributed by atoms with Gasteiger partial charge in [0.15, 0.2) is 0 Å². The van der Waals surface area contributed by atoms with Crippen LogP contribution in [-0.4, -0.2) is 6.54 Å². The average molecular weight is 283 g/mol. The Morgan fingerprint density at radius 2 is 2.00 bits per heavy atom. The van der Waals surface area contributed by atoms with Crippen molar-refractivity contribution in [1.29, 1.82) is 0 Å². The minimum absolute atomic E-state index is 0.192. The van der Waals surface area contributed by atoms with Gasteiger partial charge >= 0.3 is 0 Å². The second-order valence-corrected chi connectivity index (χ2v) is 6.00. The maximum absolute atomic E-state index is 13.6. The van der Waals surface area contributed by atoms with Gasteiger partial charge in [0.25, 0.3) is 0 Å². The van der Waals surface area contributed by atoms with E-state index in [1.807, 2.05) is 30.3 Å². The molecule has 3 heteroatoms. The Morgan fingerprint density at radius 1 is 1.14 bits per heavy atom. The number of halogens is 1. The highest BCUT2D eigenvalue weighted by Crippen LogP contribution is 2.53. The molecule has 21 heavy (non-hydrogen) atoms. The van der Waals surface area contributed by atoms with Crippen LogP contribution in [0.5, 0.6) is 5.75 Å². The molecule has 2 aromatic carbocycles. The van der Waals surface area contributed by atoms with Gasteiger partial charge in [-0.2, -0.15) is 0 Å². The van der Waals surface area contributed by atoms with Crippen LogP contribution in [0.1, 0.15) is 23.6 Å². The molecule has 2 aromatic rings. The van der Waals surface area contributed by atoms with Crippen molar-refractivity contribution in [1.82, 2.24) is 5.32 Å². The average Bonchev–Trinajstić information content (AvgIpc) is 3.18. The fraction of sp³-hybridized carbons (Fsp3) is 0.333. The van der Waals surface area contributed by atoms with Crippen LogP contribution in [0.4, 0.5) is 4.39 Å². The molecule has 1 saturated carbocycles. The van der Waals surface area contributed by atoms with Crippen molar-refractivity contribution in [3.05, 3.63) is 65.5 Å². The van der Waals surface area contributed by atoms with Gasteiger partial charge in [0, 0.05) is 11.6 Å². The van der Waals surface area contributed by atoms with Crippen molar-refractivity contribution in [3.8, 4) is 5.75 Å². The number of benzene rings is 2. The lowest BCUT2D eigenvalue weighted by atomic mass is 10.0. The Balaban J connectivity index is 1.56. The first-order valence-corrected chi connectivity index (χ1v) is 7.51. The number of piperidine rings is 1. The summed E-state index contributed by atoms with van der Waals surface area (Å²) in [5.41, 5.74) is 2.09. The maximum Gasteiger partial charge on any atom is 0.124 e. The molecule has 2 fully saturated rings. The summed E-state index contributed by atoms with van der Waals surface area (Å²) in [5, 5.41) is 3.49. The van der Waals surface area contributed by atoms with Crippen LogP contribution in [0.2, 0.25) is 0 Å². The van der Waals surface area contributed by atoms with Crippen molar-refractivity contribution in [2.75, 3.05) is 6.54 Å². The zero-order chi connectivity index (χ0) is 14.2. The Bertz CT molecular complexity index is 643. The first-order chi connectivity index (χ1) is 10.3. The molecule has 1 aliphatic carbocycles. The molecule has 2 aliphatic rings. The smallest absolute Gasteiger partial charge is 0.124 e. The van der Waals surface area contributed by atoms with Crippen LogP contribution in [0.3, 0.4) is 0 Å². The Labute approximate surface area is 123 Å². The van der Waals surface area contributed by atoms with Gasteiger partial charge in [-0.25, -0.2) is 4.39 Å². The summed E-state index contributed by atoms with van der Waals surface area (Å²) in [4.78, 5) is 0. The SMILES string of the molecule is Fc1ccc(OCc2ccccc2)c(C2NCC3CC32)c1. The standard InChI is InChI=1S/C18H18FNO/c19-14-6-7-17(21-11-12-4-2-1-3-5-12)16(9-14)18-15-8-13(15)10-20-18/h1-7,9,13,15,18,20H,8,10-11H2. The topological polar surface area (TPSA) is 21.3 Å². The second-order valence-electron chi connectivity index (χ2n) is 6.00. The van der Waals surface area contributed by atoms with Gasteiger partial charge in [0.05, 0.1) is 0 Å². The Morgan fingerprint density at radius 3 is 2.71 bits per heavy atom. The predicted octanol–water partition coefficient (Wildman–Crippen LogP) is 3.69. The molecular weight excluding hydrogens is 265 g/mol. The summed E-state index contributed by atoms with van der Waals surface area (Å²) >= 11 is 0. The molecule has 3 unspecified atom stereocenters. The lowest BCUT2D eigenvalue weighted by Gasteiger charge is -2.18. The van der Waals surface area contributed by atoms with E-state index >= 15 is 0 Å². The van der Waals surface area contributed by atoms with E-state index in [9.17, 15) is 4.39 Å². The lowest BCUT2D eigenvalue weighted by molar-refractivity contribution is 0.298. The van der Waals surface area contributed by atoms with E-state index in [1.54, 1.807) is 12.1 Å². The Hall–Kier alpha value is -1.87. The van der Waals surface area contributed by atoms with E-state index in [0.717, 1.165) is 29.3 Å². The summed E-state index contributed by atoms with van der Waals surface area (Å²) in [7, 11) is 0. The zero-order valence-corrected chi connectivity index (χ0v) is 11.8. The summed E-state index contributed by atoms with van der Waals surface area (Å²) in [6, 6.07) is 15.2. The summed E-state index contributed by atoms with van der Waals surface area (Å²) < 4.78 is 19.6. The molecule has 108 valence electrons. The molecule has 1 aliphatic heterocycles. The molecule has 3 atom stereocenters. The van der Waals surface area contributed by atoms with Crippen molar-refractivity contribution in [3.63, 3.8) is 0 Å². The number of fused-ring (bicyclic) bond motifs is 1. The minimum Gasteiger partial charge on any atom is -0.489 e. The van der Waals surface area contributed by atoms with E-state index in [4.69, 9.17) is 4.74 Å². The van der Waals surface area contributed by atoms with Crippen molar-refractivity contribution >= 4 is 0 Å². The first-order valence-electron chi connectivity index (χ1n) is 7.51. The highest BCUT2D eigenvalue weighted by Gasteiger charge is 2.49. The van der Waals surface area contributed by atoms with E-state index in [2.05, 4.69) is 5.32 Å². The van der Waals surface area contributed by atoms with Crippen LogP contribution < -0.4 is 10.1 Å². The fourth-order valence-corrected chi connectivity index (χ4v) is 3.31. The highest BCUT2D eigenvalue weighted by molar-refractivity contribution is 5.39. The summed E-state index contributed by atoms with van der Waals surface area (Å²) in [6.07, 6.45) is 1.26. The van der Waals surface area contributed by atoms with E-state index in [1.165, 1.54) is 12.5 Å². The fourth-order valence-electron chi connectivity index (χ4n) is 3.31. The van der Waals surface area contributed by atoms with E-state index in [-0.39, 0.29) is 11.9 Å². The molecular formula is C18H18FNO. The molecule has 0 radical (unpaired) electrons.